The lowest BCUT2D eigenvalue weighted by molar-refractivity contribution is -0.159. The SMILES string of the molecule is C[C@@H](COCc1ccccc1)[C@H](O)[C@@H](C)C(=O)C(C)(C)[C@@H](C)CC(=O)OC(C)(C)C.C[C@@H](COCc1ccccc1)[C@H](OC(=O)OCC(Cl)(Cl)Cl)[C@@H](C)C(=O)C(C)(C)[C@@H](C)CC(=O)OC(C)(C)C. The molecule has 1 N–H and O–H groups in total. The number of aliphatic hydroxyl groups is 1. The van der Waals surface area contributed by atoms with E-state index in [2.05, 4.69) is 0 Å². The van der Waals surface area contributed by atoms with Gasteiger partial charge in [-0.1, -0.05) is 165 Å². The molecule has 0 bridgehead atoms. The van der Waals surface area contributed by atoms with Gasteiger partial charge >= 0.3 is 18.1 Å². The molecule has 2 rings (SSSR count). The number of carbonyl (C=O) groups is 5. The molecule has 0 spiro atoms. The highest BCUT2D eigenvalue weighted by Gasteiger charge is 2.44. The van der Waals surface area contributed by atoms with Crippen LogP contribution in [0.3, 0.4) is 0 Å². The van der Waals surface area contributed by atoms with Crippen LogP contribution in [0.25, 0.3) is 0 Å². The first-order chi connectivity index (χ1) is 31.1. The van der Waals surface area contributed by atoms with Crippen LogP contribution in [0.1, 0.15) is 135 Å². The van der Waals surface area contributed by atoms with Crippen molar-refractivity contribution in [1.29, 1.82) is 0 Å². The lowest BCUT2D eigenvalue weighted by atomic mass is 9.69. The fourth-order valence-corrected chi connectivity index (χ4v) is 7.46. The quantitative estimate of drug-likeness (QED) is 0.0603. The Labute approximate surface area is 422 Å². The predicted octanol–water partition coefficient (Wildman–Crippen LogP) is 12.1. The van der Waals surface area contributed by atoms with Gasteiger partial charge in [-0.25, -0.2) is 4.79 Å². The van der Waals surface area contributed by atoms with E-state index >= 15 is 0 Å². The van der Waals surface area contributed by atoms with Crippen LogP contribution in [0.5, 0.6) is 0 Å². The molecule has 15 heteroatoms. The van der Waals surface area contributed by atoms with Gasteiger partial charge in [0.2, 0.25) is 3.79 Å². The summed E-state index contributed by atoms with van der Waals surface area (Å²) in [5.41, 5.74) is -0.810. The second-order valence-corrected chi connectivity index (χ2v) is 23.8. The van der Waals surface area contributed by atoms with E-state index in [4.69, 9.17) is 63.2 Å². The summed E-state index contributed by atoms with van der Waals surface area (Å²) >= 11 is 17.0. The number of benzene rings is 2. The molecule has 0 aromatic heterocycles. The number of carbonyl (C=O) groups excluding carboxylic acids is 5. The van der Waals surface area contributed by atoms with Gasteiger partial charge < -0.3 is 33.5 Å². The minimum Gasteiger partial charge on any atom is -0.460 e. The number of aliphatic hydroxyl groups excluding tert-OH is 1. The Hall–Kier alpha value is -3.26. The fourth-order valence-electron chi connectivity index (χ4n) is 7.30. The number of rotatable bonds is 24. The van der Waals surface area contributed by atoms with E-state index in [1.807, 2.05) is 123 Å². The summed E-state index contributed by atoms with van der Waals surface area (Å²) < 4.78 is 31.1. The standard InChI is InChI=1S/C28H41Cl3O7.C25H40O5/c1-18(15-35-16-21-12-10-9-11-13-21)23(37-25(34)36-17-28(29,30)31)20(3)24(33)27(7,8)19(2)14-22(32)38-26(4,5)6;1-17(15-29-16-20-12-10-9-11-13-20)22(27)19(3)23(28)25(7,8)18(2)14-21(26)30-24(4,5)6/h9-13,18-20,23H,14-17H2,1-8H3;9-13,17-19,22,27H,14-16H2,1-8H3/t18-,19-,20+,23-;17-,18-,19+,22-/m00/s1. The van der Waals surface area contributed by atoms with Crippen LogP contribution in [0.2, 0.25) is 0 Å². The van der Waals surface area contributed by atoms with E-state index in [9.17, 15) is 29.1 Å². The molecule has 0 radical (unpaired) electrons. The summed E-state index contributed by atoms with van der Waals surface area (Å²) in [6, 6.07) is 19.5. The van der Waals surface area contributed by atoms with Crippen LogP contribution >= 0.6 is 34.8 Å². The molecule has 8 atom stereocenters. The van der Waals surface area contributed by atoms with Gasteiger partial charge in [-0.3, -0.25) is 19.2 Å². The number of ketones is 2. The number of Topliss-reactive ketones (excluding diaryl/α,β-unsaturated/α-hetero) is 2. The molecule has 12 nitrogen and oxygen atoms in total. The Morgan fingerprint density at radius 2 is 0.926 bits per heavy atom. The highest BCUT2D eigenvalue weighted by Crippen LogP contribution is 2.37. The maximum Gasteiger partial charge on any atom is 0.508 e. The molecule has 0 fully saturated rings. The average Bonchev–Trinajstić information content (AvgIpc) is 3.22. The molecule has 0 aliphatic carbocycles. The van der Waals surface area contributed by atoms with E-state index < -0.39 is 62.6 Å². The van der Waals surface area contributed by atoms with Gasteiger partial charge in [0, 0.05) is 41.4 Å². The van der Waals surface area contributed by atoms with Crippen molar-refractivity contribution in [2.45, 2.75) is 164 Å². The molecule has 2 aromatic rings. The van der Waals surface area contributed by atoms with Gasteiger partial charge in [0.1, 0.15) is 35.5 Å². The zero-order valence-corrected chi connectivity index (χ0v) is 45.7. The lowest BCUT2D eigenvalue weighted by Crippen LogP contribution is -2.45. The van der Waals surface area contributed by atoms with Gasteiger partial charge in [0.05, 0.1) is 38.4 Å². The van der Waals surface area contributed by atoms with Gasteiger partial charge in [-0.2, -0.15) is 0 Å². The molecule has 0 unspecified atom stereocenters. The molecular weight excluding hydrogens is 935 g/mol. The van der Waals surface area contributed by atoms with Crippen LogP contribution in [-0.2, 0) is 60.8 Å². The van der Waals surface area contributed by atoms with E-state index in [0.717, 1.165) is 11.1 Å². The molecule has 0 aliphatic heterocycles. The van der Waals surface area contributed by atoms with Crippen molar-refractivity contribution in [3.8, 4) is 0 Å². The van der Waals surface area contributed by atoms with Gasteiger partial charge in [-0.05, 0) is 64.5 Å². The predicted molar refractivity (Wildman–Crippen MR) is 268 cm³/mol. The molecule has 68 heavy (non-hydrogen) atoms. The number of alkyl halides is 3. The summed E-state index contributed by atoms with van der Waals surface area (Å²) in [4.78, 5) is 63.9. The molecular formula is C53H81Cl3O12. The summed E-state index contributed by atoms with van der Waals surface area (Å²) in [5, 5.41) is 10.7. The van der Waals surface area contributed by atoms with Crippen LogP contribution in [0, 0.1) is 46.3 Å². The largest absolute Gasteiger partial charge is 0.508 e. The topological polar surface area (TPSA) is 161 Å². The third kappa shape index (κ3) is 23.6. The second-order valence-electron chi connectivity index (χ2n) is 21.3. The molecule has 0 saturated carbocycles. The number of ether oxygens (including phenoxy) is 6. The number of hydrogen-bond acceptors (Lipinski definition) is 12. The van der Waals surface area contributed by atoms with Crippen molar-refractivity contribution >= 4 is 64.5 Å². The Morgan fingerprint density at radius 3 is 1.29 bits per heavy atom. The average molecular weight is 1020 g/mol. The lowest BCUT2D eigenvalue weighted by Gasteiger charge is -2.36. The van der Waals surface area contributed by atoms with Crippen LogP contribution < -0.4 is 0 Å². The highest BCUT2D eigenvalue weighted by atomic mass is 35.6. The van der Waals surface area contributed by atoms with Crippen LogP contribution in [0.4, 0.5) is 4.79 Å². The Balaban J connectivity index is 0.000000699. The molecule has 0 amide bonds. The normalized spacial score (nSPS) is 16.0. The smallest absolute Gasteiger partial charge is 0.460 e. The van der Waals surface area contributed by atoms with Gasteiger partial charge in [0.25, 0.3) is 0 Å². The number of hydrogen-bond donors (Lipinski definition) is 1. The zero-order valence-electron chi connectivity index (χ0n) is 43.4. The van der Waals surface area contributed by atoms with Crippen molar-refractivity contribution in [2.24, 2.45) is 46.3 Å². The van der Waals surface area contributed by atoms with Crippen molar-refractivity contribution in [1.82, 2.24) is 0 Å². The maximum atomic E-state index is 13.7. The van der Waals surface area contributed by atoms with Crippen LogP contribution in [-0.4, -0.2) is 81.8 Å². The minimum absolute atomic E-state index is 0.0547. The fraction of sp³-hybridized carbons (Fsp3) is 0.679. The number of esters is 2. The summed E-state index contributed by atoms with van der Waals surface area (Å²) in [7, 11) is 0. The third-order valence-electron chi connectivity index (χ3n) is 12.1. The Bertz CT molecular complexity index is 1850. The maximum absolute atomic E-state index is 13.7. The first-order valence-corrected chi connectivity index (χ1v) is 24.6. The second kappa shape index (κ2) is 28.0. The Morgan fingerprint density at radius 1 is 0.559 bits per heavy atom. The third-order valence-corrected chi connectivity index (χ3v) is 12.4. The highest BCUT2D eigenvalue weighted by molar-refractivity contribution is 6.67. The van der Waals surface area contributed by atoms with E-state index in [1.54, 1.807) is 48.5 Å². The van der Waals surface area contributed by atoms with Crippen molar-refractivity contribution in [3.63, 3.8) is 0 Å². The first-order valence-electron chi connectivity index (χ1n) is 23.4. The monoisotopic (exact) mass is 1010 g/mol. The first kappa shape index (κ1) is 62.8. The summed E-state index contributed by atoms with van der Waals surface area (Å²) in [5.74, 6) is -3.36. The summed E-state index contributed by atoms with van der Waals surface area (Å²) in [6.45, 7) is 29.8. The van der Waals surface area contributed by atoms with E-state index in [1.165, 1.54) is 0 Å². The van der Waals surface area contributed by atoms with Crippen molar-refractivity contribution in [2.75, 3.05) is 19.8 Å². The van der Waals surface area contributed by atoms with Crippen LogP contribution in [0.15, 0.2) is 60.7 Å². The minimum atomic E-state index is -1.81. The molecule has 2 aromatic carbocycles. The molecule has 386 valence electrons. The van der Waals surface area contributed by atoms with Crippen molar-refractivity contribution < 1.29 is 57.5 Å². The van der Waals surface area contributed by atoms with Gasteiger partial charge in [0.15, 0.2) is 0 Å². The zero-order chi connectivity index (χ0) is 52.4. The van der Waals surface area contributed by atoms with Crippen molar-refractivity contribution in [3.05, 3.63) is 71.8 Å². The van der Waals surface area contributed by atoms with Gasteiger partial charge in [-0.15, -0.1) is 0 Å². The van der Waals surface area contributed by atoms with E-state index in [-0.39, 0.29) is 66.6 Å². The molecule has 0 saturated heterocycles. The molecule has 0 heterocycles. The summed E-state index contributed by atoms with van der Waals surface area (Å²) in [6.07, 6.45) is -2.55. The Kier molecular flexibility index (Phi) is 25.8. The van der Waals surface area contributed by atoms with E-state index in [0.29, 0.717) is 19.8 Å². The molecule has 0 aliphatic rings. The number of halogens is 3.